The third-order valence-corrected chi connectivity index (χ3v) is 5.29. The Bertz CT molecular complexity index is 1000. The summed E-state index contributed by atoms with van der Waals surface area (Å²) in [4.78, 5) is 12.6. The SMILES string of the molecule is O=C(NC(=S)Nc1cccc(C(F)(F)F)c1)c1sc2ccccc2c1Cl. The zero-order valence-electron chi connectivity index (χ0n) is 12.9. The number of hydrogen-bond acceptors (Lipinski definition) is 3. The van der Waals surface area contributed by atoms with Crippen molar-refractivity contribution >= 4 is 61.9 Å². The van der Waals surface area contributed by atoms with Gasteiger partial charge in [-0.25, -0.2) is 0 Å². The van der Waals surface area contributed by atoms with E-state index >= 15 is 0 Å². The predicted octanol–water partition coefficient (Wildman–Crippen LogP) is 5.70. The first-order chi connectivity index (χ1) is 12.3. The van der Waals surface area contributed by atoms with Crippen molar-refractivity contribution in [3.05, 3.63) is 64.0 Å². The molecule has 0 aliphatic rings. The number of fused-ring (bicyclic) bond motifs is 1. The molecule has 0 aliphatic heterocycles. The maximum atomic E-state index is 12.7. The molecule has 0 saturated heterocycles. The molecule has 0 unspecified atom stereocenters. The van der Waals surface area contributed by atoms with Crippen LogP contribution in [0.15, 0.2) is 48.5 Å². The Morgan fingerprint density at radius 2 is 1.85 bits per heavy atom. The molecule has 0 aliphatic carbocycles. The largest absolute Gasteiger partial charge is 0.416 e. The Balaban J connectivity index is 1.73. The van der Waals surface area contributed by atoms with E-state index in [1.54, 1.807) is 6.07 Å². The van der Waals surface area contributed by atoms with Gasteiger partial charge in [-0.1, -0.05) is 35.9 Å². The quantitative estimate of drug-likeness (QED) is 0.528. The third kappa shape index (κ3) is 3.98. The molecule has 0 saturated carbocycles. The van der Waals surface area contributed by atoms with Crippen LogP contribution in [-0.4, -0.2) is 11.0 Å². The molecule has 1 heterocycles. The van der Waals surface area contributed by atoms with Gasteiger partial charge in [0.15, 0.2) is 5.11 Å². The molecule has 3 rings (SSSR count). The summed E-state index contributed by atoms with van der Waals surface area (Å²) in [6.45, 7) is 0. The van der Waals surface area contributed by atoms with E-state index in [-0.39, 0.29) is 15.7 Å². The second-order valence-electron chi connectivity index (χ2n) is 5.23. The Morgan fingerprint density at radius 3 is 2.54 bits per heavy atom. The van der Waals surface area contributed by atoms with Crippen molar-refractivity contribution in [2.75, 3.05) is 5.32 Å². The van der Waals surface area contributed by atoms with Crippen molar-refractivity contribution < 1.29 is 18.0 Å². The maximum absolute atomic E-state index is 12.7. The van der Waals surface area contributed by atoms with E-state index < -0.39 is 17.6 Å². The van der Waals surface area contributed by atoms with Gasteiger partial charge >= 0.3 is 6.18 Å². The van der Waals surface area contributed by atoms with Crippen molar-refractivity contribution in [2.45, 2.75) is 6.18 Å². The number of rotatable bonds is 2. The van der Waals surface area contributed by atoms with E-state index in [1.807, 2.05) is 18.2 Å². The molecule has 2 N–H and O–H groups in total. The number of carbonyl (C=O) groups excluding carboxylic acids is 1. The van der Waals surface area contributed by atoms with Gasteiger partial charge in [-0.05, 0) is 36.5 Å². The van der Waals surface area contributed by atoms with Crippen LogP contribution < -0.4 is 10.6 Å². The molecular weight excluding hydrogens is 405 g/mol. The van der Waals surface area contributed by atoms with Crippen molar-refractivity contribution in [3.63, 3.8) is 0 Å². The highest BCUT2D eigenvalue weighted by Gasteiger charge is 2.30. The highest BCUT2D eigenvalue weighted by molar-refractivity contribution is 7.80. The molecule has 134 valence electrons. The fourth-order valence-corrected chi connectivity index (χ4v) is 3.88. The molecule has 0 spiro atoms. The number of anilines is 1. The molecule has 26 heavy (non-hydrogen) atoms. The second kappa shape index (κ2) is 7.22. The van der Waals surface area contributed by atoms with Gasteiger partial charge in [-0.2, -0.15) is 13.2 Å². The fourth-order valence-electron chi connectivity index (χ4n) is 2.26. The minimum absolute atomic E-state index is 0.118. The summed E-state index contributed by atoms with van der Waals surface area (Å²) in [5, 5.41) is 5.94. The molecule has 3 aromatic rings. The smallest absolute Gasteiger partial charge is 0.332 e. The molecule has 0 radical (unpaired) electrons. The van der Waals surface area contributed by atoms with Crippen LogP contribution >= 0.6 is 35.2 Å². The van der Waals surface area contributed by atoms with E-state index in [0.717, 1.165) is 22.2 Å². The lowest BCUT2D eigenvalue weighted by Gasteiger charge is -2.11. The Labute approximate surface area is 160 Å². The average Bonchev–Trinajstić information content (AvgIpc) is 2.92. The maximum Gasteiger partial charge on any atom is 0.416 e. The lowest BCUT2D eigenvalue weighted by atomic mass is 10.2. The Kier molecular flexibility index (Phi) is 5.17. The highest BCUT2D eigenvalue weighted by Crippen LogP contribution is 2.35. The normalized spacial score (nSPS) is 11.4. The summed E-state index contributed by atoms with van der Waals surface area (Å²) in [5.74, 6) is -0.527. The van der Waals surface area contributed by atoms with Gasteiger partial charge in [0.05, 0.1) is 10.6 Å². The van der Waals surface area contributed by atoms with Gasteiger partial charge in [0.25, 0.3) is 5.91 Å². The van der Waals surface area contributed by atoms with E-state index in [4.69, 9.17) is 23.8 Å². The minimum Gasteiger partial charge on any atom is -0.332 e. The number of thiocarbonyl (C=S) groups is 1. The van der Waals surface area contributed by atoms with E-state index in [1.165, 1.54) is 23.5 Å². The molecular formula is C17H10ClF3N2OS2. The van der Waals surface area contributed by atoms with Gasteiger partial charge in [-0.15, -0.1) is 11.3 Å². The van der Waals surface area contributed by atoms with Gasteiger partial charge in [0, 0.05) is 15.8 Å². The molecule has 0 bridgehead atoms. The van der Waals surface area contributed by atoms with Crippen LogP contribution in [0.25, 0.3) is 10.1 Å². The summed E-state index contributed by atoms with van der Waals surface area (Å²) in [6, 6.07) is 11.8. The highest BCUT2D eigenvalue weighted by atomic mass is 35.5. The summed E-state index contributed by atoms with van der Waals surface area (Å²) in [6.07, 6.45) is -4.47. The monoisotopic (exact) mass is 414 g/mol. The molecule has 3 nitrogen and oxygen atoms in total. The summed E-state index contributed by atoms with van der Waals surface area (Å²) in [7, 11) is 0. The molecule has 0 fully saturated rings. The van der Waals surface area contributed by atoms with E-state index in [2.05, 4.69) is 10.6 Å². The van der Waals surface area contributed by atoms with Crippen molar-refractivity contribution in [2.24, 2.45) is 0 Å². The number of thiophene rings is 1. The molecule has 9 heteroatoms. The van der Waals surface area contributed by atoms with Gasteiger partial charge < -0.3 is 5.32 Å². The summed E-state index contributed by atoms with van der Waals surface area (Å²) < 4.78 is 39.1. The van der Waals surface area contributed by atoms with Crippen LogP contribution in [0.1, 0.15) is 15.2 Å². The topological polar surface area (TPSA) is 41.1 Å². The average molecular weight is 415 g/mol. The van der Waals surface area contributed by atoms with Crippen LogP contribution in [-0.2, 0) is 6.18 Å². The fraction of sp³-hybridized carbons (Fsp3) is 0.0588. The first-order valence-electron chi connectivity index (χ1n) is 7.22. The van der Waals surface area contributed by atoms with Crippen LogP contribution in [0.4, 0.5) is 18.9 Å². The lowest BCUT2D eigenvalue weighted by Crippen LogP contribution is -2.33. The van der Waals surface area contributed by atoms with Crippen molar-refractivity contribution in [1.29, 1.82) is 0 Å². The van der Waals surface area contributed by atoms with Crippen molar-refractivity contribution in [1.82, 2.24) is 5.32 Å². The first kappa shape index (κ1) is 18.6. The Morgan fingerprint density at radius 1 is 1.12 bits per heavy atom. The lowest BCUT2D eigenvalue weighted by molar-refractivity contribution is -0.137. The predicted molar refractivity (Wildman–Crippen MR) is 102 cm³/mol. The molecule has 1 aromatic heterocycles. The van der Waals surface area contributed by atoms with Crippen molar-refractivity contribution in [3.8, 4) is 0 Å². The van der Waals surface area contributed by atoms with Gasteiger partial charge in [0.2, 0.25) is 0 Å². The number of halogens is 4. The zero-order chi connectivity index (χ0) is 18.9. The zero-order valence-corrected chi connectivity index (χ0v) is 15.2. The van der Waals surface area contributed by atoms with E-state index in [0.29, 0.717) is 5.02 Å². The number of carbonyl (C=O) groups is 1. The van der Waals surface area contributed by atoms with Crippen LogP contribution in [0.5, 0.6) is 0 Å². The van der Waals surface area contributed by atoms with Gasteiger partial charge in [-0.3, -0.25) is 10.1 Å². The molecule has 1 amide bonds. The standard InChI is InChI=1S/C17H10ClF3N2OS2/c18-13-11-6-1-2-7-12(11)26-14(13)15(24)23-16(25)22-10-5-3-4-9(8-10)17(19,20)21/h1-8H,(H2,22,23,24,25). The number of amides is 1. The Hall–Kier alpha value is -2.16. The number of benzene rings is 2. The minimum atomic E-state index is -4.47. The van der Waals surface area contributed by atoms with Gasteiger partial charge in [0.1, 0.15) is 4.88 Å². The van der Waals surface area contributed by atoms with Crippen LogP contribution in [0.2, 0.25) is 5.02 Å². The summed E-state index contributed by atoms with van der Waals surface area (Å²) >= 11 is 12.4. The first-order valence-corrected chi connectivity index (χ1v) is 8.82. The molecule has 2 aromatic carbocycles. The van der Waals surface area contributed by atoms with E-state index in [9.17, 15) is 18.0 Å². The third-order valence-electron chi connectivity index (χ3n) is 3.42. The number of hydrogen-bond donors (Lipinski definition) is 2. The number of alkyl halides is 3. The molecule has 0 atom stereocenters. The second-order valence-corrected chi connectivity index (χ2v) is 7.07. The van der Waals surface area contributed by atoms with Crippen LogP contribution in [0.3, 0.4) is 0 Å². The van der Waals surface area contributed by atoms with Crippen LogP contribution in [0, 0.1) is 0 Å². The number of nitrogens with one attached hydrogen (secondary N) is 2. The summed E-state index contributed by atoms with van der Waals surface area (Å²) in [5.41, 5.74) is -0.697.